The van der Waals surface area contributed by atoms with E-state index in [4.69, 9.17) is 4.74 Å². The molecular weight excluding hydrogens is 456 g/mol. The highest BCUT2D eigenvalue weighted by atomic mass is 16.5. The van der Waals surface area contributed by atoms with E-state index in [1.165, 1.54) is 0 Å². The zero-order chi connectivity index (χ0) is 26.0. The minimum atomic E-state index is -0.682. The molecule has 2 saturated heterocycles. The van der Waals surface area contributed by atoms with E-state index < -0.39 is 11.6 Å². The Labute approximate surface area is 213 Å². The van der Waals surface area contributed by atoms with Gasteiger partial charge in [-0.3, -0.25) is 14.4 Å². The fraction of sp³-hybridized carbons (Fsp3) is 0.464. The molecule has 0 aliphatic carbocycles. The number of ether oxygens (including phenoxy) is 1. The average Bonchev–Trinajstić information content (AvgIpc) is 3.12. The Morgan fingerprint density at radius 2 is 1.72 bits per heavy atom. The largest absolute Gasteiger partial charge is 0.497 e. The lowest BCUT2D eigenvalue weighted by Crippen LogP contribution is -2.60. The normalized spacial score (nSPS) is 18.1. The first kappa shape index (κ1) is 25.5. The number of nitrogens with one attached hydrogen (secondary N) is 1. The zero-order valence-electron chi connectivity index (χ0n) is 21.8. The van der Waals surface area contributed by atoms with Crippen molar-refractivity contribution < 1.29 is 19.1 Å². The van der Waals surface area contributed by atoms with Crippen molar-refractivity contribution in [2.45, 2.75) is 45.2 Å². The lowest BCUT2D eigenvalue weighted by Gasteiger charge is -2.44. The van der Waals surface area contributed by atoms with Crippen LogP contribution in [0.4, 0.5) is 5.69 Å². The van der Waals surface area contributed by atoms with Gasteiger partial charge in [0.2, 0.25) is 11.8 Å². The van der Waals surface area contributed by atoms with E-state index in [9.17, 15) is 14.4 Å². The van der Waals surface area contributed by atoms with Gasteiger partial charge in [0.1, 0.15) is 17.3 Å². The topological polar surface area (TPSA) is 82.2 Å². The van der Waals surface area contributed by atoms with Crippen LogP contribution in [-0.2, 0) is 9.59 Å². The van der Waals surface area contributed by atoms with Gasteiger partial charge in [0.05, 0.1) is 13.8 Å². The summed E-state index contributed by atoms with van der Waals surface area (Å²) < 4.78 is 5.28. The molecule has 8 nitrogen and oxygen atoms in total. The van der Waals surface area contributed by atoms with Crippen LogP contribution in [0.5, 0.6) is 5.75 Å². The van der Waals surface area contributed by atoms with E-state index in [0.29, 0.717) is 38.2 Å². The van der Waals surface area contributed by atoms with Crippen LogP contribution in [0.25, 0.3) is 0 Å². The second-order valence-corrected chi connectivity index (χ2v) is 10.2. The predicted molar refractivity (Wildman–Crippen MR) is 139 cm³/mol. The van der Waals surface area contributed by atoms with Crippen LogP contribution in [0.2, 0.25) is 0 Å². The number of benzene rings is 2. The molecule has 0 unspecified atom stereocenters. The summed E-state index contributed by atoms with van der Waals surface area (Å²) in [5, 5.41) is 2.95. The van der Waals surface area contributed by atoms with E-state index >= 15 is 0 Å². The van der Waals surface area contributed by atoms with Gasteiger partial charge in [-0.2, -0.15) is 0 Å². The molecule has 2 fully saturated rings. The third-order valence-electron chi connectivity index (χ3n) is 7.40. The number of nitrogens with zero attached hydrogens (tertiary/aromatic N) is 3. The molecule has 0 saturated carbocycles. The van der Waals surface area contributed by atoms with Crippen molar-refractivity contribution in [3.05, 3.63) is 59.7 Å². The van der Waals surface area contributed by atoms with Crippen molar-refractivity contribution in [3.8, 4) is 5.75 Å². The van der Waals surface area contributed by atoms with E-state index in [0.717, 1.165) is 17.0 Å². The molecule has 2 aliphatic rings. The number of rotatable bonds is 6. The quantitative estimate of drug-likeness (QED) is 0.670. The number of likely N-dealkylation sites (tertiary alicyclic amines) is 1. The number of aryl methyl sites for hydroxylation is 1. The summed E-state index contributed by atoms with van der Waals surface area (Å²) in [4.78, 5) is 45.4. The highest BCUT2D eigenvalue weighted by Crippen LogP contribution is 2.39. The molecule has 4 rings (SSSR count). The molecule has 1 atom stereocenters. The first-order valence-electron chi connectivity index (χ1n) is 12.5. The van der Waals surface area contributed by atoms with E-state index in [1.54, 1.807) is 23.0 Å². The van der Waals surface area contributed by atoms with E-state index in [1.807, 2.05) is 70.3 Å². The lowest BCUT2D eigenvalue weighted by molar-refractivity contribution is -0.139. The Morgan fingerprint density at radius 1 is 1.06 bits per heavy atom. The number of likely N-dealkylation sites (N-methyl/N-ethyl adjacent to an activating group) is 1. The molecule has 0 radical (unpaired) electrons. The molecule has 2 heterocycles. The molecule has 192 valence electrons. The molecule has 0 bridgehead atoms. The smallest absolute Gasteiger partial charge is 0.251 e. The molecular formula is C28H36N4O4. The maximum atomic E-state index is 13.5. The van der Waals surface area contributed by atoms with Crippen LogP contribution in [0.1, 0.15) is 42.6 Å². The van der Waals surface area contributed by atoms with Crippen LogP contribution in [-0.4, -0.2) is 73.0 Å². The van der Waals surface area contributed by atoms with Crippen molar-refractivity contribution in [2.75, 3.05) is 38.8 Å². The fourth-order valence-electron chi connectivity index (χ4n) is 5.28. The Bertz CT molecular complexity index is 1120. The summed E-state index contributed by atoms with van der Waals surface area (Å²) in [6, 6.07) is 14.5. The fourth-order valence-corrected chi connectivity index (χ4v) is 5.28. The first-order chi connectivity index (χ1) is 17.2. The number of carbonyl (C=O) groups is 3. The monoisotopic (exact) mass is 492 g/mol. The lowest BCUT2D eigenvalue weighted by atomic mass is 9.85. The van der Waals surface area contributed by atoms with Gasteiger partial charge >= 0.3 is 0 Å². The van der Waals surface area contributed by atoms with Crippen LogP contribution >= 0.6 is 0 Å². The summed E-state index contributed by atoms with van der Waals surface area (Å²) in [6.07, 6.45) is 1.06. The molecule has 2 aromatic carbocycles. The van der Waals surface area contributed by atoms with Crippen molar-refractivity contribution in [3.63, 3.8) is 0 Å². The highest BCUT2D eigenvalue weighted by molar-refractivity contribution is 5.98. The van der Waals surface area contributed by atoms with Crippen molar-refractivity contribution in [1.29, 1.82) is 0 Å². The van der Waals surface area contributed by atoms with Crippen LogP contribution < -0.4 is 15.0 Å². The molecule has 1 N–H and O–H groups in total. The summed E-state index contributed by atoms with van der Waals surface area (Å²) >= 11 is 0. The summed E-state index contributed by atoms with van der Waals surface area (Å²) in [5.41, 5.74) is 1.81. The van der Waals surface area contributed by atoms with E-state index in [2.05, 4.69) is 10.2 Å². The number of carbonyl (C=O) groups excluding carboxylic acids is 3. The van der Waals surface area contributed by atoms with Crippen LogP contribution in [0, 0.1) is 12.8 Å². The molecule has 1 spiro atoms. The van der Waals surface area contributed by atoms with Gasteiger partial charge in [-0.25, -0.2) is 0 Å². The number of piperidine rings is 1. The Hall–Kier alpha value is -3.55. The zero-order valence-corrected chi connectivity index (χ0v) is 21.8. The summed E-state index contributed by atoms with van der Waals surface area (Å²) in [5.74, 6) is 0.420. The van der Waals surface area contributed by atoms with Crippen LogP contribution in [0.3, 0.4) is 0 Å². The molecule has 36 heavy (non-hydrogen) atoms. The van der Waals surface area contributed by atoms with Gasteiger partial charge in [0.15, 0.2) is 0 Å². The SMILES string of the molecule is COc1ccc(N2CN(C)C(=O)C23CCN(C(=O)[C@H](NC(=O)c2cccc(C)c2)C(C)C)CC3)cc1. The molecule has 2 aliphatic heterocycles. The van der Waals surface area contributed by atoms with Crippen molar-refractivity contribution >= 4 is 23.4 Å². The van der Waals surface area contributed by atoms with Gasteiger partial charge < -0.3 is 24.8 Å². The number of methoxy groups -OCH3 is 1. The number of hydrogen-bond donors (Lipinski definition) is 1. The highest BCUT2D eigenvalue weighted by Gasteiger charge is 2.53. The van der Waals surface area contributed by atoms with Crippen molar-refractivity contribution in [2.24, 2.45) is 5.92 Å². The molecule has 3 amide bonds. The Kier molecular flexibility index (Phi) is 7.24. The second kappa shape index (κ2) is 10.2. The second-order valence-electron chi connectivity index (χ2n) is 10.2. The van der Waals surface area contributed by atoms with Gasteiger partial charge in [0, 0.05) is 31.4 Å². The third-order valence-corrected chi connectivity index (χ3v) is 7.40. The van der Waals surface area contributed by atoms with E-state index in [-0.39, 0.29) is 23.6 Å². The van der Waals surface area contributed by atoms with Gasteiger partial charge in [0.25, 0.3) is 5.91 Å². The standard InChI is InChI=1S/C28H36N4O4/c1-19(2)24(29-25(33)21-8-6-7-20(3)17-21)26(34)31-15-13-28(14-16-31)27(35)30(4)18-32(28)22-9-11-23(36-5)12-10-22/h6-12,17,19,24H,13-16,18H2,1-5H3,(H,29,33)/t24-/m1/s1. The molecule has 8 heteroatoms. The predicted octanol–water partition coefficient (Wildman–Crippen LogP) is 3.06. The summed E-state index contributed by atoms with van der Waals surface area (Å²) in [6.45, 7) is 7.21. The Morgan fingerprint density at radius 3 is 2.31 bits per heavy atom. The number of anilines is 1. The number of hydrogen-bond acceptors (Lipinski definition) is 5. The molecule has 2 aromatic rings. The average molecular weight is 493 g/mol. The van der Waals surface area contributed by atoms with Crippen molar-refractivity contribution in [1.82, 2.24) is 15.1 Å². The number of amides is 3. The van der Waals surface area contributed by atoms with Gasteiger partial charge in [-0.05, 0) is 62.1 Å². The van der Waals surface area contributed by atoms with Gasteiger partial charge in [-0.15, -0.1) is 0 Å². The van der Waals surface area contributed by atoms with Crippen LogP contribution in [0.15, 0.2) is 48.5 Å². The minimum absolute atomic E-state index is 0.0720. The maximum absolute atomic E-state index is 13.5. The minimum Gasteiger partial charge on any atom is -0.497 e. The van der Waals surface area contributed by atoms with Gasteiger partial charge in [-0.1, -0.05) is 31.5 Å². The third kappa shape index (κ3) is 4.76. The first-order valence-corrected chi connectivity index (χ1v) is 12.5. The Balaban J connectivity index is 1.48. The molecule has 0 aromatic heterocycles. The summed E-state index contributed by atoms with van der Waals surface area (Å²) in [7, 11) is 3.45. The maximum Gasteiger partial charge on any atom is 0.251 e.